The van der Waals surface area contributed by atoms with Crippen LogP contribution in [0.15, 0.2) is 23.2 Å². The van der Waals surface area contributed by atoms with Crippen molar-refractivity contribution in [2.24, 2.45) is 10.9 Å². The molecule has 1 aromatic carbocycles. The van der Waals surface area contributed by atoms with Crippen molar-refractivity contribution in [3.8, 4) is 5.75 Å². The van der Waals surface area contributed by atoms with Gasteiger partial charge < -0.3 is 14.0 Å². The molecule has 5 nitrogen and oxygen atoms in total. The quantitative estimate of drug-likeness (QED) is 0.622. The molecule has 0 aliphatic heterocycles. The molecule has 1 amide bonds. The third-order valence-electron chi connectivity index (χ3n) is 5.26. The molecule has 1 aromatic heterocycles. The Hall–Kier alpha value is -1.66. The van der Waals surface area contributed by atoms with Crippen LogP contribution in [0.5, 0.6) is 5.75 Å². The maximum absolute atomic E-state index is 12.5. The van der Waals surface area contributed by atoms with Crippen LogP contribution in [0.3, 0.4) is 0 Å². The van der Waals surface area contributed by atoms with Crippen molar-refractivity contribution in [3.05, 3.63) is 23.0 Å². The number of amides is 1. The first-order chi connectivity index (χ1) is 13.2. The summed E-state index contributed by atoms with van der Waals surface area (Å²) >= 11 is 1.54. The number of hydrogen-bond acceptors (Lipinski definition) is 4. The van der Waals surface area contributed by atoms with E-state index >= 15 is 0 Å². The topological polar surface area (TPSA) is 52.8 Å². The summed E-state index contributed by atoms with van der Waals surface area (Å²) in [6, 6.07) is 5.98. The minimum absolute atomic E-state index is 0.00995. The number of carbonyl (C=O) groups excluding carboxylic acids is 1. The normalized spacial score (nSPS) is 16.1. The number of nitrogens with zero attached hydrogens (tertiary/aromatic N) is 2. The molecule has 1 saturated carbocycles. The Morgan fingerprint density at radius 2 is 2.11 bits per heavy atom. The molecule has 1 aliphatic carbocycles. The van der Waals surface area contributed by atoms with Crippen LogP contribution in [0.4, 0.5) is 0 Å². The van der Waals surface area contributed by atoms with Crippen LogP contribution < -0.4 is 9.54 Å². The van der Waals surface area contributed by atoms with Gasteiger partial charge in [-0.2, -0.15) is 4.99 Å². The number of aromatic nitrogens is 1. The molecule has 1 heterocycles. The van der Waals surface area contributed by atoms with E-state index in [0.717, 1.165) is 27.2 Å². The van der Waals surface area contributed by atoms with E-state index in [-0.39, 0.29) is 5.91 Å². The highest BCUT2D eigenvalue weighted by molar-refractivity contribution is 7.16. The summed E-state index contributed by atoms with van der Waals surface area (Å²) in [5, 5.41) is 0. The molecule has 6 heteroatoms. The smallest absolute Gasteiger partial charge is 0.248 e. The van der Waals surface area contributed by atoms with Crippen LogP contribution in [0.25, 0.3) is 10.2 Å². The monoisotopic (exact) mass is 390 g/mol. The third kappa shape index (κ3) is 5.42. The molecule has 2 aromatic rings. The van der Waals surface area contributed by atoms with Crippen molar-refractivity contribution >= 4 is 27.5 Å². The van der Waals surface area contributed by atoms with E-state index in [9.17, 15) is 4.79 Å². The van der Waals surface area contributed by atoms with E-state index in [4.69, 9.17) is 9.47 Å². The van der Waals surface area contributed by atoms with E-state index in [1.165, 1.54) is 32.1 Å². The molecule has 0 unspecified atom stereocenters. The zero-order valence-electron chi connectivity index (χ0n) is 16.4. The standard InChI is InChI=1S/C21H30N2O3S/c1-3-26-14-13-23-18-11-10-17(25-2)15-19(18)27-21(23)22-20(24)12-9-16-7-5-4-6-8-16/h10-11,15-16H,3-9,12-14H2,1-2H3. The van der Waals surface area contributed by atoms with Gasteiger partial charge in [-0.1, -0.05) is 43.4 Å². The number of thiazole rings is 1. The second-order valence-electron chi connectivity index (χ2n) is 7.12. The Bertz CT molecular complexity index is 818. The average molecular weight is 391 g/mol. The predicted octanol–water partition coefficient (Wildman–Crippen LogP) is 4.54. The Kier molecular flexibility index (Phi) is 7.47. The fourth-order valence-corrected chi connectivity index (χ4v) is 4.85. The van der Waals surface area contributed by atoms with Crippen molar-refractivity contribution in [2.45, 2.75) is 58.4 Å². The molecule has 0 bridgehead atoms. The third-order valence-corrected chi connectivity index (χ3v) is 6.31. The van der Waals surface area contributed by atoms with E-state index in [1.54, 1.807) is 18.4 Å². The molecule has 0 N–H and O–H groups in total. The van der Waals surface area contributed by atoms with Crippen LogP contribution >= 0.6 is 11.3 Å². The summed E-state index contributed by atoms with van der Waals surface area (Å²) in [6.07, 6.45) is 8.03. The number of carbonyl (C=O) groups is 1. The first-order valence-corrected chi connectivity index (χ1v) is 10.9. The van der Waals surface area contributed by atoms with Crippen molar-refractivity contribution < 1.29 is 14.3 Å². The van der Waals surface area contributed by atoms with Gasteiger partial charge in [-0.3, -0.25) is 4.79 Å². The van der Waals surface area contributed by atoms with Crippen molar-refractivity contribution in [2.75, 3.05) is 20.3 Å². The van der Waals surface area contributed by atoms with Crippen molar-refractivity contribution in [1.82, 2.24) is 4.57 Å². The number of hydrogen-bond donors (Lipinski definition) is 0. The number of fused-ring (bicyclic) bond motifs is 1. The number of benzene rings is 1. The van der Waals surface area contributed by atoms with E-state index in [1.807, 2.05) is 25.1 Å². The first kappa shape index (κ1) is 20.1. The molecule has 148 valence electrons. The minimum Gasteiger partial charge on any atom is -0.497 e. The first-order valence-electron chi connectivity index (χ1n) is 10.0. The molecule has 0 radical (unpaired) electrons. The molecule has 0 spiro atoms. The fraction of sp³-hybridized carbons (Fsp3) is 0.619. The molecule has 27 heavy (non-hydrogen) atoms. The minimum atomic E-state index is -0.00995. The van der Waals surface area contributed by atoms with Crippen LogP contribution in [0.1, 0.15) is 51.9 Å². The van der Waals surface area contributed by atoms with Gasteiger partial charge in [-0.15, -0.1) is 0 Å². The molecule has 3 rings (SSSR count). The van der Waals surface area contributed by atoms with Gasteiger partial charge in [0.05, 0.1) is 23.9 Å². The Balaban J connectivity index is 1.80. The maximum Gasteiger partial charge on any atom is 0.248 e. The highest BCUT2D eigenvalue weighted by atomic mass is 32.1. The lowest BCUT2D eigenvalue weighted by molar-refractivity contribution is -0.118. The summed E-state index contributed by atoms with van der Waals surface area (Å²) in [7, 11) is 1.66. The van der Waals surface area contributed by atoms with Crippen LogP contribution in [0.2, 0.25) is 0 Å². The van der Waals surface area contributed by atoms with E-state index in [0.29, 0.717) is 32.1 Å². The van der Waals surface area contributed by atoms with Gasteiger partial charge in [0.15, 0.2) is 4.80 Å². The zero-order valence-corrected chi connectivity index (χ0v) is 17.2. The van der Waals surface area contributed by atoms with E-state index < -0.39 is 0 Å². The molecule has 0 saturated heterocycles. The summed E-state index contributed by atoms with van der Waals surface area (Å²) in [5.74, 6) is 1.51. The van der Waals surface area contributed by atoms with Gasteiger partial charge in [0.1, 0.15) is 5.75 Å². The largest absolute Gasteiger partial charge is 0.497 e. The Labute approximate surface area is 165 Å². The molecule has 1 aliphatic rings. The fourth-order valence-electron chi connectivity index (χ4n) is 3.75. The average Bonchev–Trinajstić information content (AvgIpc) is 3.03. The summed E-state index contributed by atoms with van der Waals surface area (Å²) in [5.41, 5.74) is 1.07. The van der Waals surface area contributed by atoms with Gasteiger partial charge in [-0.05, 0) is 37.5 Å². The van der Waals surface area contributed by atoms with Crippen LogP contribution in [0, 0.1) is 5.92 Å². The summed E-state index contributed by atoms with van der Waals surface area (Å²) in [6.45, 7) is 3.97. The number of methoxy groups -OCH3 is 1. The number of rotatable bonds is 8. The van der Waals surface area contributed by atoms with Gasteiger partial charge in [0.25, 0.3) is 0 Å². The number of ether oxygens (including phenoxy) is 2. The predicted molar refractivity (Wildman–Crippen MR) is 109 cm³/mol. The maximum atomic E-state index is 12.5. The van der Waals surface area contributed by atoms with Crippen molar-refractivity contribution in [3.63, 3.8) is 0 Å². The second kappa shape index (κ2) is 10.0. The van der Waals surface area contributed by atoms with Gasteiger partial charge in [-0.25, -0.2) is 0 Å². The Morgan fingerprint density at radius 3 is 2.85 bits per heavy atom. The van der Waals surface area contributed by atoms with E-state index in [2.05, 4.69) is 9.56 Å². The lowest BCUT2D eigenvalue weighted by Crippen LogP contribution is -2.20. The Morgan fingerprint density at radius 1 is 1.30 bits per heavy atom. The van der Waals surface area contributed by atoms with Crippen molar-refractivity contribution in [1.29, 1.82) is 0 Å². The SMILES string of the molecule is CCOCCn1c(=NC(=O)CCC2CCCCC2)sc2cc(OC)ccc21. The summed E-state index contributed by atoms with van der Waals surface area (Å²) in [4.78, 5) is 17.7. The molecule has 1 fully saturated rings. The van der Waals surface area contributed by atoms with Gasteiger partial charge >= 0.3 is 0 Å². The zero-order chi connectivity index (χ0) is 19.1. The lowest BCUT2D eigenvalue weighted by Gasteiger charge is -2.20. The second-order valence-corrected chi connectivity index (χ2v) is 8.12. The van der Waals surface area contributed by atoms with Gasteiger partial charge in [0.2, 0.25) is 5.91 Å². The lowest BCUT2D eigenvalue weighted by atomic mass is 9.86. The van der Waals surface area contributed by atoms with Crippen LogP contribution in [-0.4, -0.2) is 30.8 Å². The molecular formula is C21H30N2O3S. The van der Waals surface area contributed by atoms with Crippen LogP contribution in [-0.2, 0) is 16.1 Å². The molecule has 0 atom stereocenters. The highest BCUT2D eigenvalue weighted by Gasteiger charge is 2.15. The highest BCUT2D eigenvalue weighted by Crippen LogP contribution is 2.27. The van der Waals surface area contributed by atoms with Gasteiger partial charge in [0, 0.05) is 19.6 Å². The molecular weight excluding hydrogens is 360 g/mol. The summed E-state index contributed by atoms with van der Waals surface area (Å²) < 4.78 is 14.0.